The van der Waals surface area contributed by atoms with E-state index in [9.17, 15) is 4.79 Å². The van der Waals surface area contributed by atoms with Gasteiger partial charge in [-0.3, -0.25) is 9.69 Å². The Bertz CT molecular complexity index is 802. The molecule has 1 heterocycles. The molecule has 1 N–H and O–H groups in total. The first-order chi connectivity index (χ1) is 14.1. The van der Waals surface area contributed by atoms with E-state index in [4.69, 9.17) is 14.2 Å². The van der Waals surface area contributed by atoms with Crippen molar-refractivity contribution < 1.29 is 19.0 Å². The van der Waals surface area contributed by atoms with Gasteiger partial charge in [-0.05, 0) is 36.4 Å². The molecule has 0 spiro atoms. The van der Waals surface area contributed by atoms with Crippen molar-refractivity contribution in [2.24, 2.45) is 0 Å². The van der Waals surface area contributed by atoms with Crippen molar-refractivity contribution in [3.63, 3.8) is 0 Å². The number of hydrogen-bond donors (Lipinski definition) is 1. The highest BCUT2D eigenvalue weighted by Crippen LogP contribution is 2.29. The van der Waals surface area contributed by atoms with Crippen molar-refractivity contribution in [1.29, 1.82) is 0 Å². The van der Waals surface area contributed by atoms with Gasteiger partial charge in [0.1, 0.15) is 5.75 Å². The van der Waals surface area contributed by atoms with Crippen LogP contribution in [0.25, 0.3) is 0 Å². The molecule has 29 heavy (non-hydrogen) atoms. The van der Waals surface area contributed by atoms with E-state index in [2.05, 4.69) is 27.2 Å². The molecule has 7 nitrogen and oxygen atoms in total. The number of carbonyl (C=O) groups excluding carboxylic acids is 1. The summed E-state index contributed by atoms with van der Waals surface area (Å²) >= 11 is 0. The van der Waals surface area contributed by atoms with Gasteiger partial charge >= 0.3 is 0 Å². The fourth-order valence-corrected chi connectivity index (χ4v) is 3.42. The minimum absolute atomic E-state index is 0.00481. The van der Waals surface area contributed by atoms with Crippen molar-refractivity contribution in [2.45, 2.75) is 6.42 Å². The highest BCUT2D eigenvalue weighted by Gasteiger charge is 2.18. The van der Waals surface area contributed by atoms with E-state index in [-0.39, 0.29) is 5.91 Å². The van der Waals surface area contributed by atoms with Crippen LogP contribution in [0.5, 0.6) is 17.2 Å². The molecule has 2 aromatic carbocycles. The van der Waals surface area contributed by atoms with E-state index in [1.54, 1.807) is 33.5 Å². The number of benzene rings is 2. The molecule has 0 atom stereocenters. The van der Waals surface area contributed by atoms with Gasteiger partial charge < -0.3 is 24.4 Å². The number of nitrogens with one attached hydrogen (secondary N) is 1. The highest BCUT2D eigenvalue weighted by atomic mass is 16.5. The zero-order valence-electron chi connectivity index (χ0n) is 17.3. The number of amides is 1. The minimum Gasteiger partial charge on any atom is -0.497 e. The lowest BCUT2D eigenvalue weighted by atomic mass is 10.2. The molecule has 0 aromatic heterocycles. The number of methoxy groups -OCH3 is 3. The SMILES string of the molecule is COc1ccc(N2CCN(CCC(=O)Nc3ccc(OC)c(OC)c3)CC2)cc1. The van der Waals surface area contributed by atoms with E-state index in [1.165, 1.54) is 5.69 Å². The van der Waals surface area contributed by atoms with Crippen LogP contribution in [0.4, 0.5) is 11.4 Å². The maximum Gasteiger partial charge on any atom is 0.225 e. The average molecular weight is 399 g/mol. The Balaban J connectivity index is 1.43. The number of anilines is 2. The molecule has 0 radical (unpaired) electrons. The number of carbonyl (C=O) groups is 1. The molecule has 1 fully saturated rings. The monoisotopic (exact) mass is 399 g/mol. The fourth-order valence-electron chi connectivity index (χ4n) is 3.42. The second-order valence-corrected chi connectivity index (χ2v) is 6.89. The predicted molar refractivity (Wildman–Crippen MR) is 114 cm³/mol. The fraction of sp³-hybridized carbons (Fsp3) is 0.409. The Morgan fingerprint density at radius 3 is 2.21 bits per heavy atom. The first-order valence-electron chi connectivity index (χ1n) is 9.76. The summed E-state index contributed by atoms with van der Waals surface area (Å²) in [5, 5.41) is 2.93. The Kier molecular flexibility index (Phi) is 7.19. The zero-order chi connectivity index (χ0) is 20.6. The summed E-state index contributed by atoms with van der Waals surface area (Å²) < 4.78 is 15.7. The molecule has 3 rings (SSSR count). The average Bonchev–Trinajstić information content (AvgIpc) is 2.78. The van der Waals surface area contributed by atoms with E-state index in [0.717, 1.165) is 38.5 Å². The van der Waals surface area contributed by atoms with Crippen LogP contribution in [0, 0.1) is 0 Å². The van der Waals surface area contributed by atoms with Gasteiger partial charge in [0, 0.05) is 56.6 Å². The van der Waals surface area contributed by atoms with Crippen LogP contribution >= 0.6 is 0 Å². The standard InChI is InChI=1S/C22H29N3O4/c1-27-19-7-5-18(6-8-19)25-14-12-24(13-15-25)11-10-22(26)23-17-4-9-20(28-2)21(16-17)29-3/h4-9,16H,10-15H2,1-3H3,(H,23,26). The molecule has 0 unspecified atom stereocenters. The third-order valence-corrected chi connectivity index (χ3v) is 5.13. The Morgan fingerprint density at radius 1 is 0.897 bits per heavy atom. The number of ether oxygens (including phenoxy) is 3. The number of nitrogens with zero attached hydrogens (tertiary/aromatic N) is 2. The predicted octanol–water partition coefficient (Wildman–Crippen LogP) is 2.86. The van der Waals surface area contributed by atoms with Gasteiger partial charge in [0.2, 0.25) is 5.91 Å². The van der Waals surface area contributed by atoms with Crippen molar-refractivity contribution in [2.75, 3.05) is 64.3 Å². The van der Waals surface area contributed by atoms with Crippen LogP contribution in [-0.2, 0) is 4.79 Å². The van der Waals surface area contributed by atoms with Gasteiger partial charge in [0.15, 0.2) is 11.5 Å². The molecule has 0 aliphatic carbocycles. The molecule has 1 amide bonds. The Morgan fingerprint density at radius 2 is 1.59 bits per heavy atom. The van der Waals surface area contributed by atoms with Crippen molar-refractivity contribution in [3.05, 3.63) is 42.5 Å². The summed E-state index contributed by atoms with van der Waals surface area (Å²) in [5.41, 5.74) is 1.91. The zero-order valence-corrected chi connectivity index (χ0v) is 17.3. The second kappa shape index (κ2) is 10.0. The van der Waals surface area contributed by atoms with Crippen molar-refractivity contribution in [1.82, 2.24) is 4.90 Å². The van der Waals surface area contributed by atoms with Crippen molar-refractivity contribution >= 4 is 17.3 Å². The first-order valence-corrected chi connectivity index (χ1v) is 9.76. The number of rotatable bonds is 8. The summed E-state index contributed by atoms with van der Waals surface area (Å²) in [6.07, 6.45) is 0.455. The van der Waals surface area contributed by atoms with Crippen LogP contribution in [0.1, 0.15) is 6.42 Å². The minimum atomic E-state index is -0.00481. The van der Waals surface area contributed by atoms with Crippen LogP contribution in [0.15, 0.2) is 42.5 Å². The van der Waals surface area contributed by atoms with Gasteiger partial charge in [-0.2, -0.15) is 0 Å². The molecule has 7 heteroatoms. The molecule has 1 aliphatic heterocycles. The van der Waals surface area contributed by atoms with E-state index < -0.39 is 0 Å². The van der Waals surface area contributed by atoms with Crippen LogP contribution in [0.2, 0.25) is 0 Å². The third kappa shape index (κ3) is 5.54. The van der Waals surface area contributed by atoms with E-state index >= 15 is 0 Å². The highest BCUT2D eigenvalue weighted by molar-refractivity contribution is 5.91. The quantitative estimate of drug-likeness (QED) is 0.737. The molecule has 0 bridgehead atoms. The maximum absolute atomic E-state index is 12.3. The molecule has 1 aliphatic rings. The Hall–Kier alpha value is -2.93. The van der Waals surface area contributed by atoms with Crippen LogP contribution < -0.4 is 24.4 Å². The third-order valence-electron chi connectivity index (χ3n) is 5.13. The Labute approximate surface area is 172 Å². The topological polar surface area (TPSA) is 63.3 Å². The summed E-state index contributed by atoms with van der Waals surface area (Å²) in [6, 6.07) is 13.5. The second-order valence-electron chi connectivity index (χ2n) is 6.89. The summed E-state index contributed by atoms with van der Waals surface area (Å²) in [7, 11) is 4.84. The first kappa shape index (κ1) is 20.8. The van der Waals surface area contributed by atoms with Crippen LogP contribution in [0.3, 0.4) is 0 Å². The van der Waals surface area contributed by atoms with Crippen LogP contribution in [-0.4, -0.2) is 64.9 Å². The lowest BCUT2D eigenvalue weighted by molar-refractivity contribution is -0.116. The number of piperazine rings is 1. The molecule has 2 aromatic rings. The molecule has 156 valence electrons. The lowest BCUT2D eigenvalue weighted by Crippen LogP contribution is -2.47. The molecular formula is C22H29N3O4. The maximum atomic E-state index is 12.3. The smallest absolute Gasteiger partial charge is 0.225 e. The lowest BCUT2D eigenvalue weighted by Gasteiger charge is -2.36. The van der Waals surface area contributed by atoms with E-state index in [0.29, 0.717) is 23.6 Å². The van der Waals surface area contributed by atoms with Gasteiger partial charge in [-0.25, -0.2) is 0 Å². The molecular weight excluding hydrogens is 370 g/mol. The van der Waals surface area contributed by atoms with Gasteiger partial charge in [0.25, 0.3) is 0 Å². The molecule has 0 saturated carbocycles. The summed E-state index contributed by atoms with van der Waals surface area (Å²) in [5.74, 6) is 2.10. The van der Waals surface area contributed by atoms with Gasteiger partial charge in [0.05, 0.1) is 21.3 Å². The normalized spacial score (nSPS) is 14.4. The number of hydrogen-bond acceptors (Lipinski definition) is 6. The van der Waals surface area contributed by atoms with Crippen molar-refractivity contribution in [3.8, 4) is 17.2 Å². The summed E-state index contributed by atoms with van der Waals surface area (Å²) in [6.45, 7) is 4.52. The summed E-state index contributed by atoms with van der Waals surface area (Å²) in [4.78, 5) is 17.0. The molecule has 1 saturated heterocycles. The van der Waals surface area contributed by atoms with Gasteiger partial charge in [-0.15, -0.1) is 0 Å². The largest absolute Gasteiger partial charge is 0.497 e. The van der Waals surface area contributed by atoms with E-state index in [1.807, 2.05) is 18.2 Å². The van der Waals surface area contributed by atoms with Gasteiger partial charge in [-0.1, -0.05) is 0 Å².